The Balaban J connectivity index is 1.31. The molecule has 5 nitrogen and oxygen atoms in total. The van der Waals surface area contributed by atoms with Crippen LogP contribution in [0.4, 0.5) is 5.69 Å². The van der Waals surface area contributed by atoms with Crippen LogP contribution in [0.15, 0.2) is 81.6 Å². The molecule has 5 rings (SSSR count). The van der Waals surface area contributed by atoms with E-state index in [1.807, 2.05) is 49.4 Å². The van der Waals surface area contributed by atoms with Crippen LogP contribution in [0.25, 0.3) is 40.0 Å². The van der Waals surface area contributed by atoms with E-state index < -0.39 is 0 Å². The van der Waals surface area contributed by atoms with Crippen LogP contribution in [0.5, 0.6) is 0 Å². The molecular formula is C29H22Cl2N2O3. The Morgan fingerprint density at radius 3 is 2.58 bits per heavy atom. The largest absolute Gasteiger partial charge is 0.457 e. The van der Waals surface area contributed by atoms with Crippen molar-refractivity contribution in [2.24, 2.45) is 0 Å². The third-order valence-electron chi connectivity index (χ3n) is 5.81. The second kappa shape index (κ2) is 10.1. The number of halogens is 2. The van der Waals surface area contributed by atoms with Crippen LogP contribution in [0, 0.1) is 6.92 Å². The predicted octanol–water partition coefficient (Wildman–Crippen LogP) is 8.58. The predicted molar refractivity (Wildman–Crippen MR) is 145 cm³/mol. The van der Waals surface area contributed by atoms with Gasteiger partial charge >= 0.3 is 0 Å². The van der Waals surface area contributed by atoms with Crippen molar-refractivity contribution in [1.29, 1.82) is 0 Å². The van der Waals surface area contributed by atoms with E-state index in [2.05, 4.69) is 17.2 Å². The zero-order valence-electron chi connectivity index (χ0n) is 19.6. The minimum atomic E-state index is -0.351. The lowest BCUT2D eigenvalue weighted by molar-refractivity contribution is -0.111. The topological polar surface area (TPSA) is 68.3 Å². The van der Waals surface area contributed by atoms with Crippen LogP contribution in [0.3, 0.4) is 0 Å². The molecule has 0 saturated carbocycles. The highest BCUT2D eigenvalue weighted by atomic mass is 35.5. The molecule has 3 aromatic carbocycles. The Kier molecular flexibility index (Phi) is 6.68. The number of benzene rings is 3. The van der Waals surface area contributed by atoms with Gasteiger partial charge in [-0.15, -0.1) is 0 Å². The summed E-state index contributed by atoms with van der Waals surface area (Å²) in [6.45, 7) is 4.04. The van der Waals surface area contributed by atoms with E-state index in [1.165, 1.54) is 11.6 Å². The Labute approximate surface area is 218 Å². The van der Waals surface area contributed by atoms with Crippen molar-refractivity contribution in [2.45, 2.75) is 20.3 Å². The second-order valence-corrected chi connectivity index (χ2v) is 9.17. The third kappa shape index (κ3) is 5.08. The van der Waals surface area contributed by atoms with Crippen molar-refractivity contribution >= 4 is 52.0 Å². The lowest BCUT2D eigenvalue weighted by atomic mass is 10.1. The maximum Gasteiger partial charge on any atom is 0.248 e. The minimum absolute atomic E-state index is 0.351. The molecule has 0 radical (unpaired) electrons. The fraction of sp³-hybridized carbons (Fsp3) is 0.103. The Morgan fingerprint density at radius 1 is 0.944 bits per heavy atom. The van der Waals surface area contributed by atoms with Gasteiger partial charge in [-0.25, -0.2) is 4.98 Å². The fourth-order valence-corrected chi connectivity index (χ4v) is 4.09. The molecule has 0 unspecified atom stereocenters. The maximum atomic E-state index is 12.6. The molecule has 2 heterocycles. The zero-order valence-corrected chi connectivity index (χ0v) is 21.2. The van der Waals surface area contributed by atoms with E-state index in [1.54, 1.807) is 30.3 Å². The summed E-state index contributed by atoms with van der Waals surface area (Å²) in [6, 6.07) is 20.6. The SMILES string of the molecule is CCc1ccc2oc(-c3ccc(Cl)c(NC(=O)/C=C/c4ccc(-c5ccc(C)c(Cl)c5)o4)c3)nc2c1. The van der Waals surface area contributed by atoms with Crippen molar-refractivity contribution in [3.05, 3.63) is 99.7 Å². The summed E-state index contributed by atoms with van der Waals surface area (Å²) >= 11 is 12.6. The number of nitrogens with one attached hydrogen (secondary N) is 1. The molecule has 1 N–H and O–H groups in total. The highest BCUT2D eigenvalue weighted by Crippen LogP contribution is 2.31. The standard InChI is InChI=1S/C29H22Cl2N2O3/c1-3-18-5-11-27-25(14-18)33-29(36-27)20-7-10-22(30)24(16-20)32-28(34)13-9-21-8-12-26(35-21)19-6-4-17(2)23(31)15-19/h4-16H,3H2,1-2H3,(H,32,34)/b13-9+. The van der Waals surface area contributed by atoms with E-state index in [4.69, 9.17) is 32.0 Å². The normalized spacial score (nSPS) is 11.4. The Bertz CT molecular complexity index is 1610. The van der Waals surface area contributed by atoms with E-state index in [9.17, 15) is 4.79 Å². The van der Waals surface area contributed by atoms with E-state index in [0.717, 1.165) is 23.1 Å². The number of carbonyl (C=O) groups excluding carboxylic acids is 1. The molecule has 0 atom stereocenters. The number of amides is 1. The molecule has 1 amide bonds. The van der Waals surface area contributed by atoms with Gasteiger partial charge in [-0.3, -0.25) is 4.79 Å². The van der Waals surface area contributed by atoms with Crippen LogP contribution in [0.2, 0.25) is 10.0 Å². The summed E-state index contributed by atoms with van der Waals surface area (Å²) in [5, 5.41) is 3.88. The van der Waals surface area contributed by atoms with Gasteiger partial charge in [0.1, 0.15) is 17.0 Å². The smallest absolute Gasteiger partial charge is 0.248 e. The van der Waals surface area contributed by atoms with Crippen LogP contribution in [-0.4, -0.2) is 10.9 Å². The lowest BCUT2D eigenvalue weighted by Gasteiger charge is -2.06. The second-order valence-electron chi connectivity index (χ2n) is 8.36. The summed E-state index contributed by atoms with van der Waals surface area (Å²) in [6.07, 6.45) is 3.90. The lowest BCUT2D eigenvalue weighted by Crippen LogP contribution is -2.08. The van der Waals surface area contributed by atoms with Crippen molar-refractivity contribution < 1.29 is 13.6 Å². The first-order valence-electron chi connectivity index (χ1n) is 11.4. The monoisotopic (exact) mass is 516 g/mol. The molecule has 36 heavy (non-hydrogen) atoms. The van der Waals surface area contributed by atoms with Gasteiger partial charge in [0.05, 0.1) is 10.7 Å². The van der Waals surface area contributed by atoms with Gasteiger partial charge < -0.3 is 14.2 Å². The molecule has 5 aromatic rings. The molecule has 0 saturated heterocycles. The van der Waals surface area contributed by atoms with E-state index in [-0.39, 0.29) is 5.91 Å². The first kappa shape index (κ1) is 23.9. The summed E-state index contributed by atoms with van der Waals surface area (Å²) in [5.74, 6) is 1.31. The summed E-state index contributed by atoms with van der Waals surface area (Å²) in [5.41, 5.74) is 5.70. The number of hydrogen-bond donors (Lipinski definition) is 1. The molecule has 0 aliphatic rings. The molecule has 7 heteroatoms. The quantitative estimate of drug-likeness (QED) is 0.229. The van der Waals surface area contributed by atoms with Crippen LogP contribution in [-0.2, 0) is 11.2 Å². The number of anilines is 1. The average molecular weight is 517 g/mol. The fourth-order valence-electron chi connectivity index (χ4n) is 3.75. The Morgan fingerprint density at radius 2 is 1.78 bits per heavy atom. The average Bonchev–Trinajstić information content (AvgIpc) is 3.52. The van der Waals surface area contributed by atoms with Gasteiger partial charge in [-0.05, 0) is 79.1 Å². The highest BCUT2D eigenvalue weighted by Gasteiger charge is 2.12. The van der Waals surface area contributed by atoms with Crippen LogP contribution >= 0.6 is 23.2 Å². The molecule has 0 aliphatic heterocycles. The van der Waals surface area contributed by atoms with Gasteiger partial charge in [0.2, 0.25) is 11.8 Å². The number of carbonyl (C=O) groups is 1. The summed E-state index contributed by atoms with van der Waals surface area (Å²) in [4.78, 5) is 17.2. The highest BCUT2D eigenvalue weighted by molar-refractivity contribution is 6.34. The van der Waals surface area contributed by atoms with Crippen LogP contribution < -0.4 is 5.32 Å². The van der Waals surface area contributed by atoms with Gasteiger partial charge in [-0.2, -0.15) is 0 Å². The number of oxazole rings is 1. The summed E-state index contributed by atoms with van der Waals surface area (Å²) < 4.78 is 11.7. The molecule has 0 spiro atoms. The Hall–Kier alpha value is -3.80. The van der Waals surface area contributed by atoms with Crippen LogP contribution in [0.1, 0.15) is 23.8 Å². The number of nitrogens with zero attached hydrogens (tertiary/aromatic N) is 1. The molecule has 0 fully saturated rings. The van der Waals surface area contributed by atoms with Gasteiger partial charge in [-0.1, -0.05) is 48.3 Å². The number of furan rings is 1. The van der Waals surface area contributed by atoms with E-state index in [0.29, 0.717) is 44.3 Å². The molecule has 2 aromatic heterocycles. The van der Waals surface area contributed by atoms with E-state index >= 15 is 0 Å². The molecule has 0 bridgehead atoms. The first-order chi connectivity index (χ1) is 17.4. The molecule has 180 valence electrons. The number of fused-ring (bicyclic) bond motifs is 1. The van der Waals surface area contributed by atoms with Gasteiger partial charge in [0.15, 0.2) is 5.58 Å². The number of hydrogen-bond acceptors (Lipinski definition) is 4. The number of aromatic nitrogens is 1. The minimum Gasteiger partial charge on any atom is -0.457 e. The molecular weight excluding hydrogens is 495 g/mol. The zero-order chi connectivity index (χ0) is 25.2. The third-order valence-corrected chi connectivity index (χ3v) is 6.55. The van der Waals surface area contributed by atoms with Crippen molar-refractivity contribution in [3.8, 4) is 22.8 Å². The number of rotatable bonds is 6. The maximum absolute atomic E-state index is 12.6. The van der Waals surface area contributed by atoms with Crippen molar-refractivity contribution in [2.75, 3.05) is 5.32 Å². The number of aryl methyl sites for hydroxylation is 2. The summed E-state index contributed by atoms with van der Waals surface area (Å²) in [7, 11) is 0. The first-order valence-corrected chi connectivity index (χ1v) is 12.2. The van der Waals surface area contributed by atoms with Gasteiger partial charge in [0, 0.05) is 22.2 Å². The van der Waals surface area contributed by atoms with Gasteiger partial charge in [0.25, 0.3) is 0 Å². The molecule has 0 aliphatic carbocycles. The van der Waals surface area contributed by atoms with Crippen molar-refractivity contribution in [3.63, 3.8) is 0 Å². The van der Waals surface area contributed by atoms with Crippen molar-refractivity contribution in [1.82, 2.24) is 4.98 Å².